The molecule has 0 unspecified atom stereocenters. The van der Waals surface area contributed by atoms with E-state index in [0.717, 1.165) is 12.1 Å². The van der Waals surface area contributed by atoms with E-state index in [-0.39, 0.29) is 27.2 Å². The third-order valence-electron chi connectivity index (χ3n) is 2.96. The van der Waals surface area contributed by atoms with Crippen molar-refractivity contribution in [3.8, 4) is 0 Å². The predicted molar refractivity (Wildman–Crippen MR) is 78.0 cm³/mol. The van der Waals surface area contributed by atoms with Crippen LogP contribution in [0.1, 0.15) is 0 Å². The van der Waals surface area contributed by atoms with E-state index in [1.807, 2.05) is 0 Å². The Bertz CT molecular complexity index is 974. The van der Waals surface area contributed by atoms with Crippen molar-refractivity contribution in [2.45, 2.75) is 9.92 Å². The number of nitrogen functional groups attached to an aromatic ring is 2. The topological polar surface area (TPSA) is 125 Å². The Morgan fingerprint density at radius 3 is 2.27 bits per heavy atom. The average Bonchev–Trinajstić information content (AvgIpc) is 2.47. The molecule has 7 nitrogen and oxygen atoms in total. The summed E-state index contributed by atoms with van der Waals surface area (Å²) < 4.78 is 37.9. The van der Waals surface area contributed by atoms with E-state index >= 15 is 0 Å². The van der Waals surface area contributed by atoms with Gasteiger partial charge in [0, 0.05) is 0 Å². The minimum Gasteiger partial charge on any atom is -0.382 e. The number of hydrogen-bond donors (Lipinski definition) is 2. The number of nitrogens with zero attached hydrogens (tertiary/aromatic N) is 3. The number of sulfone groups is 1. The molecule has 112 valence electrons. The summed E-state index contributed by atoms with van der Waals surface area (Å²) in [5.41, 5.74) is 11.6. The molecule has 4 N–H and O–H groups in total. The number of pyridine rings is 1. The SMILES string of the molecule is Nc1nc(N)c2nc(S(=O)(=O)c3ccc(F)cc3)ccc2n1. The molecule has 3 rings (SSSR count). The first-order valence-electron chi connectivity index (χ1n) is 6.08. The second-order valence-electron chi connectivity index (χ2n) is 4.44. The van der Waals surface area contributed by atoms with Gasteiger partial charge in [-0.15, -0.1) is 0 Å². The maximum absolute atomic E-state index is 12.9. The first-order valence-corrected chi connectivity index (χ1v) is 7.56. The van der Waals surface area contributed by atoms with Crippen molar-refractivity contribution in [1.29, 1.82) is 0 Å². The quantitative estimate of drug-likeness (QED) is 0.679. The number of fused-ring (bicyclic) bond motifs is 1. The molecule has 9 heteroatoms. The van der Waals surface area contributed by atoms with Crippen LogP contribution < -0.4 is 11.5 Å². The van der Waals surface area contributed by atoms with Crippen LogP contribution in [-0.2, 0) is 9.84 Å². The molecule has 2 heterocycles. The van der Waals surface area contributed by atoms with Gasteiger partial charge in [0.2, 0.25) is 15.8 Å². The second kappa shape index (κ2) is 4.88. The molecule has 3 aromatic rings. The van der Waals surface area contributed by atoms with Gasteiger partial charge in [-0.3, -0.25) is 0 Å². The fraction of sp³-hybridized carbons (Fsp3) is 0. The van der Waals surface area contributed by atoms with E-state index in [2.05, 4.69) is 15.0 Å². The lowest BCUT2D eigenvalue weighted by atomic mass is 10.3. The fourth-order valence-electron chi connectivity index (χ4n) is 1.92. The molecule has 0 radical (unpaired) electrons. The van der Waals surface area contributed by atoms with Gasteiger partial charge in [-0.05, 0) is 36.4 Å². The molecule has 0 aliphatic heterocycles. The van der Waals surface area contributed by atoms with Gasteiger partial charge in [0.05, 0.1) is 10.4 Å². The van der Waals surface area contributed by atoms with Crippen LogP contribution in [0.15, 0.2) is 46.3 Å². The zero-order valence-corrected chi connectivity index (χ0v) is 11.9. The summed E-state index contributed by atoms with van der Waals surface area (Å²) in [5.74, 6) is -0.571. The lowest BCUT2D eigenvalue weighted by Crippen LogP contribution is -2.07. The standard InChI is InChI=1S/C13H10FN5O2S/c14-7-1-3-8(4-2-7)22(20,21)10-6-5-9-11(18-10)12(15)19-13(16)17-9/h1-6H,(H4,15,16,17,19). The molecule has 22 heavy (non-hydrogen) atoms. The zero-order chi connectivity index (χ0) is 15.9. The summed E-state index contributed by atoms with van der Waals surface area (Å²) in [6.45, 7) is 0. The summed E-state index contributed by atoms with van der Waals surface area (Å²) in [4.78, 5) is 11.6. The van der Waals surface area contributed by atoms with Crippen LogP contribution in [0.5, 0.6) is 0 Å². The Kier molecular flexibility index (Phi) is 3.14. The van der Waals surface area contributed by atoms with Crippen LogP contribution in [0, 0.1) is 5.82 Å². The van der Waals surface area contributed by atoms with Gasteiger partial charge >= 0.3 is 0 Å². The van der Waals surface area contributed by atoms with Gasteiger partial charge in [0.1, 0.15) is 11.3 Å². The Labute approximate surface area is 124 Å². The fourth-order valence-corrected chi connectivity index (χ4v) is 3.12. The number of nitrogens with two attached hydrogens (primary N) is 2. The third-order valence-corrected chi connectivity index (χ3v) is 4.63. The van der Waals surface area contributed by atoms with Crippen molar-refractivity contribution in [3.05, 3.63) is 42.2 Å². The maximum Gasteiger partial charge on any atom is 0.223 e. The highest BCUT2D eigenvalue weighted by Crippen LogP contribution is 2.23. The molecule has 0 aliphatic carbocycles. The highest BCUT2D eigenvalue weighted by atomic mass is 32.2. The van der Waals surface area contributed by atoms with Crippen molar-refractivity contribution in [1.82, 2.24) is 15.0 Å². The smallest absolute Gasteiger partial charge is 0.223 e. The van der Waals surface area contributed by atoms with Crippen LogP contribution in [-0.4, -0.2) is 23.4 Å². The molecule has 0 atom stereocenters. The molecular formula is C13H10FN5O2S. The molecule has 0 amide bonds. The average molecular weight is 319 g/mol. The van der Waals surface area contributed by atoms with Gasteiger partial charge in [0.25, 0.3) is 0 Å². The summed E-state index contributed by atoms with van der Waals surface area (Å²) in [6, 6.07) is 7.18. The van der Waals surface area contributed by atoms with Crippen LogP contribution in [0.3, 0.4) is 0 Å². The number of benzene rings is 1. The van der Waals surface area contributed by atoms with Gasteiger partial charge in [-0.25, -0.2) is 22.8 Å². The lowest BCUT2D eigenvalue weighted by molar-refractivity contribution is 0.591. The van der Waals surface area contributed by atoms with E-state index in [0.29, 0.717) is 5.52 Å². The van der Waals surface area contributed by atoms with Gasteiger partial charge < -0.3 is 11.5 Å². The van der Waals surface area contributed by atoms with Crippen molar-refractivity contribution in [2.75, 3.05) is 11.5 Å². The van der Waals surface area contributed by atoms with Gasteiger partial charge in [-0.1, -0.05) is 0 Å². The van der Waals surface area contributed by atoms with E-state index in [1.54, 1.807) is 0 Å². The Morgan fingerprint density at radius 2 is 1.59 bits per heavy atom. The molecule has 1 aromatic carbocycles. The normalized spacial score (nSPS) is 11.7. The Hall–Kier alpha value is -2.81. The summed E-state index contributed by atoms with van der Waals surface area (Å²) in [6.07, 6.45) is 0. The van der Waals surface area contributed by atoms with Gasteiger partial charge in [0.15, 0.2) is 10.8 Å². The first kappa shape index (κ1) is 14.1. The van der Waals surface area contributed by atoms with Crippen LogP contribution >= 0.6 is 0 Å². The Balaban J connectivity index is 2.19. The van der Waals surface area contributed by atoms with E-state index in [9.17, 15) is 12.8 Å². The van der Waals surface area contributed by atoms with E-state index < -0.39 is 15.7 Å². The monoisotopic (exact) mass is 319 g/mol. The number of halogens is 1. The molecule has 0 saturated carbocycles. The molecule has 2 aromatic heterocycles. The van der Waals surface area contributed by atoms with Crippen LogP contribution in [0.25, 0.3) is 11.0 Å². The van der Waals surface area contributed by atoms with E-state index in [1.165, 1.54) is 24.3 Å². The van der Waals surface area contributed by atoms with Crippen molar-refractivity contribution >= 4 is 32.6 Å². The molecule has 0 saturated heterocycles. The third kappa shape index (κ3) is 2.31. The molecule has 0 aliphatic rings. The number of rotatable bonds is 2. The second-order valence-corrected chi connectivity index (χ2v) is 6.34. The first-order chi connectivity index (χ1) is 10.4. The maximum atomic E-state index is 12.9. The largest absolute Gasteiger partial charge is 0.382 e. The Morgan fingerprint density at radius 1 is 0.909 bits per heavy atom. The van der Waals surface area contributed by atoms with Crippen molar-refractivity contribution in [3.63, 3.8) is 0 Å². The predicted octanol–water partition coefficient (Wildman–Crippen LogP) is 1.16. The summed E-state index contributed by atoms with van der Waals surface area (Å²) >= 11 is 0. The molecular weight excluding hydrogens is 309 g/mol. The van der Waals surface area contributed by atoms with Gasteiger partial charge in [-0.2, -0.15) is 4.98 Å². The lowest BCUT2D eigenvalue weighted by Gasteiger charge is -2.06. The van der Waals surface area contributed by atoms with Crippen LogP contribution in [0.4, 0.5) is 16.2 Å². The number of hydrogen-bond acceptors (Lipinski definition) is 7. The zero-order valence-electron chi connectivity index (χ0n) is 11.1. The molecule has 0 fully saturated rings. The highest BCUT2D eigenvalue weighted by Gasteiger charge is 2.20. The van der Waals surface area contributed by atoms with Crippen LogP contribution in [0.2, 0.25) is 0 Å². The minimum absolute atomic E-state index is 0.0151. The van der Waals surface area contributed by atoms with Crippen molar-refractivity contribution in [2.24, 2.45) is 0 Å². The molecule has 0 spiro atoms. The number of aromatic nitrogens is 3. The molecule has 0 bridgehead atoms. The summed E-state index contributed by atoms with van der Waals surface area (Å²) in [5, 5.41) is -0.230. The minimum atomic E-state index is -3.89. The highest BCUT2D eigenvalue weighted by molar-refractivity contribution is 7.91. The summed E-state index contributed by atoms with van der Waals surface area (Å²) in [7, 11) is -3.89. The van der Waals surface area contributed by atoms with E-state index in [4.69, 9.17) is 11.5 Å². The van der Waals surface area contributed by atoms with Crippen molar-refractivity contribution < 1.29 is 12.8 Å². The number of anilines is 2.